The van der Waals surface area contributed by atoms with Crippen molar-refractivity contribution in [3.05, 3.63) is 53.0 Å². The standard InChI is InChI=1S/C21H28N2O4S/c1-15-5-8-20(16(2)13-15)28(25,26)23-11-9-18(10-12-23)21(24)22(4)14-19-7-6-17(3)27-19/h5-8,13,18H,9-12,14H2,1-4H3. The van der Waals surface area contributed by atoms with Crippen LogP contribution in [0, 0.1) is 26.7 Å². The molecule has 0 N–H and O–H groups in total. The normalized spacial score (nSPS) is 16.3. The van der Waals surface area contributed by atoms with Gasteiger partial charge in [-0.25, -0.2) is 8.42 Å². The zero-order chi connectivity index (χ0) is 20.5. The Hall–Kier alpha value is -2.12. The molecule has 1 aromatic carbocycles. The second-order valence-electron chi connectivity index (χ2n) is 7.65. The van der Waals surface area contributed by atoms with E-state index >= 15 is 0 Å². The van der Waals surface area contributed by atoms with Gasteiger partial charge in [0.1, 0.15) is 11.5 Å². The van der Waals surface area contributed by atoms with Crippen LogP contribution in [0.5, 0.6) is 0 Å². The number of piperidine rings is 1. The first-order valence-electron chi connectivity index (χ1n) is 9.56. The van der Waals surface area contributed by atoms with Crippen molar-refractivity contribution >= 4 is 15.9 Å². The average molecular weight is 405 g/mol. The lowest BCUT2D eigenvalue weighted by molar-refractivity contribution is -0.136. The van der Waals surface area contributed by atoms with Crippen LogP contribution in [0.15, 0.2) is 39.6 Å². The van der Waals surface area contributed by atoms with E-state index in [0.717, 1.165) is 22.6 Å². The van der Waals surface area contributed by atoms with E-state index in [1.807, 2.05) is 45.0 Å². The van der Waals surface area contributed by atoms with Gasteiger partial charge in [0, 0.05) is 26.1 Å². The lowest BCUT2D eigenvalue weighted by Crippen LogP contribution is -2.43. The Morgan fingerprint density at radius 3 is 2.39 bits per heavy atom. The fourth-order valence-electron chi connectivity index (χ4n) is 3.76. The monoisotopic (exact) mass is 404 g/mol. The molecule has 0 aliphatic carbocycles. The Balaban J connectivity index is 1.62. The highest BCUT2D eigenvalue weighted by Gasteiger charge is 2.33. The summed E-state index contributed by atoms with van der Waals surface area (Å²) in [5, 5.41) is 0. The molecule has 0 unspecified atom stereocenters. The predicted octanol–water partition coefficient (Wildman–Crippen LogP) is 3.26. The first kappa shape index (κ1) is 20.6. The summed E-state index contributed by atoms with van der Waals surface area (Å²) >= 11 is 0. The molecule has 1 aliphatic heterocycles. The maximum atomic E-state index is 13.0. The van der Waals surface area contributed by atoms with E-state index in [9.17, 15) is 13.2 Å². The fraction of sp³-hybridized carbons (Fsp3) is 0.476. The van der Waals surface area contributed by atoms with Crippen molar-refractivity contribution in [2.75, 3.05) is 20.1 Å². The van der Waals surface area contributed by atoms with Gasteiger partial charge in [-0.05, 0) is 57.4 Å². The number of nitrogens with zero attached hydrogens (tertiary/aromatic N) is 2. The molecule has 1 saturated heterocycles. The highest BCUT2D eigenvalue weighted by Crippen LogP contribution is 2.27. The van der Waals surface area contributed by atoms with Crippen LogP contribution in [0.3, 0.4) is 0 Å². The molecule has 2 heterocycles. The van der Waals surface area contributed by atoms with Crippen LogP contribution in [0.1, 0.15) is 35.5 Å². The van der Waals surface area contributed by atoms with E-state index in [1.165, 1.54) is 4.31 Å². The number of rotatable bonds is 5. The van der Waals surface area contributed by atoms with Gasteiger partial charge in [0.2, 0.25) is 15.9 Å². The van der Waals surface area contributed by atoms with Gasteiger partial charge in [-0.3, -0.25) is 4.79 Å². The van der Waals surface area contributed by atoms with Gasteiger partial charge >= 0.3 is 0 Å². The van der Waals surface area contributed by atoms with Crippen molar-refractivity contribution in [2.45, 2.75) is 45.1 Å². The molecule has 0 bridgehead atoms. The fourth-order valence-corrected chi connectivity index (χ4v) is 5.44. The van der Waals surface area contributed by atoms with Gasteiger partial charge in [-0.2, -0.15) is 4.31 Å². The molecule has 0 radical (unpaired) electrons. The van der Waals surface area contributed by atoms with Gasteiger partial charge in [0.15, 0.2) is 0 Å². The van der Waals surface area contributed by atoms with Crippen LogP contribution >= 0.6 is 0 Å². The number of benzene rings is 1. The third kappa shape index (κ3) is 4.31. The highest BCUT2D eigenvalue weighted by atomic mass is 32.2. The van der Waals surface area contributed by atoms with Crippen molar-refractivity contribution in [3.8, 4) is 0 Å². The van der Waals surface area contributed by atoms with Crippen LogP contribution in [-0.4, -0.2) is 43.7 Å². The first-order chi connectivity index (χ1) is 13.2. The molecule has 1 amide bonds. The molecular formula is C21H28N2O4S. The molecular weight excluding hydrogens is 376 g/mol. The number of furan rings is 1. The van der Waals surface area contributed by atoms with Crippen molar-refractivity contribution in [1.82, 2.24) is 9.21 Å². The van der Waals surface area contributed by atoms with E-state index < -0.39 is 10.0 Å². The lowest BCUT2D eigenvalue weighted by Gasteiger charge is -2.32. The summed E-state index contributed by atoms with van der Waals surface area (Å²) in [5.74, 6) is 1.45. The van der Waals surface area contributed by atoms with Crippen molar-refractivity contribution < 1.29 is 17.6 Å². The largest absolute Gasteiger partial charge is 0.464 e. The van der Waals surface area contributed by atoms with Crippen molar-refractivity contribution in [2.24, 2.45) is 5.92 Å². The van der Waals surface area contributed by atoms with E-state index in [0.29, 0.717) is 37.4 Å². The molecule has 2 aromatic rings. The number of hydrogen-bond donors (Lipinski definition) is 0. The lowest BCUT2D eigenvalue weighted by atomic mass is 9.96. The van der Waals surface area contributed by atoms with Gasteiger partial charge in [-0.1, -0.05) is 17.7 Å². The maximum absolute atomic E-state index is 13.0. The minimum absolute atomic E-state index is 0.0395. The molecule has 28 heavy (non-hydrogen) atoms. The zero-order valence-corrected chi connectivity index (χ0v) is 17.8. The van der Waals surface area contributed by atoms with E-state index in [2.05, 4.69) is 0 Å². The molecule has 0 atom stereocenters. The summed E-state index contributed by atoms with van der Waals surface area (Å²) in [6.45, 7) is 6.78. The highest BCUT2D eigenvalue weighted by molar-refractivity contribution is 7.89. The second-order valence-corrected chi connectivity index (χ2v) is 9.56. The van der Waals surface area contributed by atoms with Crippen LogP contribution in [0.25, 0.3) is 0 Å². The Bertz CT molecular complexity index is 957. The summed E-state index contributed by atoms with van der Waals surface area (Å²) in [6.07, 6.45) is 1.06. The SMILES string of the molecule is Cc1ccc(S(=O)(=O)N2CCC(C(=O)N(C)Cc3ccc(C)o3)CC2)c(C)c1. The van der Waals surface area contributed by atoms with Gasteiger partial charge < -0.3 is 9.32 Å². The van der Waals surface area contributed by atoms with Crippen LogP contribution < -0.4 is 0 Å². The summed E-state index contributed by atoms with van der Waals surface area (Å²) in [5.41, 5.74) is 1.79. The van der Waals surface area contributed by atoms with Crippen LogP contribution in [0.4, 0.5) is 0 Å². The predicted molar refractivity (Wildman–Crippen MR) is 107 cm³/mol. The Morgan fingerprint density at radius 1 is 1.14 bits per heavy atom. The van der Waals surface area contributed by atoms with Crippen LogP contribution in [-0.2, 0) is 21.4 Å². The Labute approximate surface area is 167 Å². The molecule has 152 valence electrons. The van der Waals surface area contributed by atoms with Crippen molar-refractivity contribution in [3.63, 3.8) is 0 Å². The Kier molecular flexibility index (Phi) is 5.95. The number of carbonyl (C=O) groups is 1. The average Bonchev–Trinajstić information content (AvgIpc) is 3.05. The van der Waals surface area contributed by atoms with Crippen molar-refractivity contribution in [1.29, 1.82) is 0 Å². The topological polar surface area (TPSA) is 70.8 Å². The summed E-state index contributed by atoms with van der Waals surface area (Å²) in [4.78, 5) is 14.8. The number of hydrogen-bond acceptors (Lipinski definition) is 4. The number of amides is 1. The molecule has 1 aromatic heterocycles. The van der Waals surface area contributed by atoms with Gasteiger partial charge in [-0.15, -0.1) is 0 Å². The third-order valence-electron chi connectivity index (χ3n) is 5.32. The molecule has 3 rings (SSSR count). The van der Waals surface area contributed by atoms with E-state index in [-0.39, 0.29) is 11.8 Å². The van der Waals surface area contributed by atoms with Gasteiger partial charge in [0.25, 0.3) is 0 Å². The molecule has 6 nitrogen and oxygen atoms in total. The minimum Gasteiger partial charge on any atom is -0.464 e. The number of carbonyl (C=O) groups excluding carboxylic acids is 1. The van der Waals surface area contributed by atoms with Crippen LogP contribution in [0.2, 0.25) is 0 Å². The molecule has 0 saturated carbocycles. The zero-order valence-electron chi connectivity index (χ0n) is 16.9. The van der Waals surface area contributed by atoms with Gasteiger partial charge in [0.05, 0.1) is 11.4 Å². The summed E-state index contributed by atoms with van der Waals surface area (Å²) < 4.78 is 33.0. The Morgan fingerprint density at radius 2 is 1.82 bits per heavy atom. The molecule has 1 fully saturated rings. The second kappa shape index (κ2) is 8.09. The maximum Gasteiger partial charge on any atom is 0.243 e. The smallest absolute Gasteiger partial charge is 0.243 e. The number of aryl methyl sites for hydroxylation is 3. The van der Waals surface area contributed by atoms with E-state index in [4.69, 9.17) is 4.42 Å². The molecule has 0 spiro atoms. The summed E-state index contributed by atoms with van der Waals surface area (Å²) in [7, 11) is -1.77. The molecule has 1 aliphatic rings. The quantitative estimate of drug-likeness (QED) is 0.767. The third-order valence-corrected chi connectivity index (χ3v) is 7.38. The first-order valence-corrected chi connectivity index (χ1v) is 11.0. The minimum atomic E-state index is -3.53. The summed E-state index contributed by atoms with van der Waals surface area (Å²) in [6, 6.07) is 9.13. The number of sulfonamides is 1. The van der Waals surface area contributed by atoms with E-state index in [1.54, 1.807) is 18.0 Å². The molecule has 7 heteroatoms.